The van der Waals surface area contributed by atoms with Gasteiger partial charge in [-0.05, 0) is 80.8 Å². The number of hydrogen-bond donors (Lipinski definition) is 1. The zero-order valence-corrected chi connectivity index (χ0v) is 22.4. The van der Waals surface area contributed by atoms with Crippen molar-refractivity contribution in [3.8, 4) is 11.5 Å². The topological polar surface area (TPSA) is 97.3 Å². The molecule has 0 heterocycles. The van der Waals surface area contributed by atoms with E-state index in [1.165, 1.54) is 18.3 Å². The Morgan fingerprint density at radius 1 is 0.946 bits per heavy atom. The second-order valence-electron chi connectivity index (χ2n) is 8.44. The molecule has 0 atom stereocenters. The van der Waals surface area contributed by atoms with E-state index >= 15 is 0 Å². The van der Waals surface area contributed by atoms with Crippen molar-refractivity contribution in [2.75, 3.05) is 24.1 Å². The lowest BCUT2D eigenvalue weighted by Gasteiger charge is -2.24. The van der Waals surface area contributed by atoms with Gasteiger partial charge in [-0.2, -0.15) is 5.10 Å². The molecule has 0 unspecified atom stereocenters. The van der Waals surface area contributed by atoms with E-state index < -0.39 is 22.5 Å². The molecular formula is C28H33N3O5S. The summed E-state index contributed by atoms with van der Waals surface area (Å²) in [7, 11) is -3.99. The third-order valence-corrected chi connectivity index (χ3v) is 7.11. The van der Waals surface area contributed by atoms with Crippen molar-refractivity contribution in [1.29, 1.82) is 0 Å². The van der Waals surface area contributed by atoms with Gasteiger partial charge in [-0.25, -0.2) is 13.8 Å². The Hall–Kier alpha value is -3.85. The van der Waals surface area contributed by atoms with Gasteiger partial charge >= 0.3 is 0 Å². The number of hydrogen-bond acceptors (Lipinski definition) is 6. The fraction of sp³-hybridized carbons (Fsp3) is 0.286. The SMILES string of the molecule is CCCOc1ccc(/C=N\NC(=O)CN(c2cccc(C)c2)S(=O)(=O)c2ccc(C)cc2)cc1OCC. The van der Waals surface area contributed by atoms with Crippen LogP contribution in [0.4, 0.5) is 5.69 Å². The van der Waals surface area contributed by atoms with Gasteiger partial charge in [0.25, 0.3) is 15.9 Å². The highest BCUT2D eigenvalue weighted by Gasteiger charge is 2.27. The third kappa shape index (κ3) is 7.57. The summed E-state index contributed by atoms with van der Waals surface area (Å²) in [4.78, 5) is 12.9. The van der Waals surface area contributed by atoms with Crippen LogP contribution in [0.15, 0.2) is 76.7 Å². The average molecular weight is 524 g/mol. The van der Waals surface area contributed by atoms with Crippen molar-refractivity contribution in [3.05, 3.63) is 83.4 Å². The molecule has 0 spiro atoms. The third-order valence-electron chi connectivity index (χ3n) is 5.32. The van der Waals surface area contributed by atoms with E-state index in [4.69, 9.17) is 9.47 Å². The Morgan fingerprint density at radius 3 is 2.38 bits per heavy atom. The molecule has 0 bridgehead atoms. The first-order chi connectivity index (χ1) is 17.7. The van der Waals surface area contributed by atoms with E-state index in [9.17, 15) is 13.2 Å². The Morgan fingerprint density at radius 2 is 1.70 bits per heavy atom. The summed E-state index contributed by atoms with van der Waals surface area (Å²) < 4.78 is 39.4. The lowest BCUT2D eigenvalue weighted by Crippen LogP contribution is -2.39. The van der Waals surface area contributed by atoms with Crippen LogP contribution in [0.3, 0.4) is 0 Å². The molecule has 9 heteroatoms. The highest BCUT2D eigenvalue weighted by Crippen LogP contribution is 2.28. The molecule has 0 fully saturated rings. The zero-order valence-electron chi connectivity index (χ0n) is 21.6. The molecule has 37 heavy (non-hydrogen) atoms. The Bertz CT molecular complexity index is 1340. The van der Waals surface area contributed by atoms with Gasteiger partial charge < -0.3 is 9.47 Å². The number of amides is 1. The molecule has 0 radical (unpaired) electrons. The quantitative estimate of drug-likeness (QED) is 0.271. The van der Waals surface area contributed by atoms with Crippen molar-refractivity contribution in [2.24, 2.45) is 5.10 Å². The number of aryl methyl sites for hydroxylation is 2. The largest absolute Gasteiger partial charge is 0.490 e. The molecule has 3 aromatic carbocycles. The van der Waals surface area contributed by atoms with Gasteiger partial charge in [-0.15, -0.1) is 0 Å². The monoisotopic (exact) mass is 523 g/mol. The Kier molecular flexibility index (Phi) is 9.68. The van der Waals surface area contributed by atoms with Gasteiger partial charge in [-0.3, -0.25) is 9.10 Å². The van der Waals surface area contributed by atoms with Crippen LogP contribution in [0.2, 0.25) is 0 Å². The van der Waals surface area contributed by atoms with Crippen molar-refractivity contribution >= 4 is 27.8 Å². The Labute approximate surface area is 219 Å². The van der Waals surface area contributed by atoms with Crippen LogP contribution >= 0.6 is 0 Å². The molecule has 0 aliphatic carbocycles. The van der Waals surface area contributed by atoms with Gasteiger partial charge in [0.1, 0.15) is 6.54 Å². The fourth-order valence-electron chi connectivity index (χ4n) is 3.48. The molecule has 3 aromatic rings. The van der Waals surface area contributed by atoms with Gasteiger partial charge in [0.05, 0.1) is 30.0 Å². The fourth-order valence-corrected chi connectivity index (χ4v) is 4.90. The molecule has 0 saturated carbocycles. The normalized spacial score (nSPS) is 11.4. The minimum Gasteiger partial charge on any atom is -0.490 e. The average Bonchev–Trinajstić information content (AvgIpc) is 2.87. The number of carbonyl (C=O) groups excluding carboxylic acids is 1. The maximum atomic E-state index is 13.5. The van der Waals surface area contributed by atoms with Gasteiger partial charge in [0.15, 0.2) is 11.5 Å². The van der Waals surface area contributed by atoms with Crippen LogP contribution in [-0.2, 0) is 14.8 Å². The molecule has 0 aliphatic heterocycles. The number of carbonyl (C=O) groups is 1. The number of sulfonamides is 1. The van der Waals surface area contributed by atoms with E-state index in [1.807, 2.05) is 33.8 Å². The molecule has 8 nitrogen and oxygen atoms in total. The highest BCUT2D eigenvalue weighted by molar-refractivity contribution is 7.92. The first-order valence-corrected chi connectivity index (χ1v) is 13.6. The molecule has 0 aromatic heterocycles. The maximum Gasteiger partial charge on any atom is 0.264 e. The first kappa shape index (κ1) is 27.7. The smallest absolute Gasteiger partial charge is 0.264 e. The van der Waals surface area contributed by atoms with Crippen molar-refractivity contribution in [3.63, 3.8) is 0 Å². The maximum absolute atomic E-state index is 13.5. The highest BCUT2D eigenvalue weighted by atomic mass is 32.2. The van der Waals surface area contributed by atoms with E-state index in [1.54, 1.807) is 48.5 Å². The summed E-state index contributed by atoms with van der Waals surface area (Å²) in [5.41, 5.74) is 5.32. The van der Waals surface area contributed by atoms with Crippen LogP contribution in [0.1, 0.15) is 37.0 Å². The second kappa shape index (κ2) is 12.9. The molecule has 0 aliphatic rings. The number of benzene rings is 3. The summed E-state index contributed by atoms with van der Waals surface area (Å²) in [6.07, 6.45) is 2.34. The summed E-state index contributed by atoms with van der Waals surface area (Å²) in [5.74, 6) is 0.641. The zero-order chi connectivity index (χ0) is 26.8. The predicted octanol–water partition coefficient (Wildman–Crippen LogP) is 4.84. The number of nitrogens with one attached hydrogen (secondary N) is 1. The van der Waals surface area contributed by atoms with Gasteiger partial charge in [0, 0.05) is 0 Å². The molecule has 3 rings (SSSR count). The summed E-state index contributed by atoms with van der Waals surface area (Å²) in [6.45, 7) is 8.26. The second-order valence-corrected chi connectivity index (χ2v) is 10.3. The van der Waals surface area contributed by atoms with E-state index in [0.717, 1.165) is 21.9 Å². The Balaban J connectivity index is 1.78. The van der Waals surface area contributed by atoms with E-state index in [-0.39, 0.29) is 4.90 Å². The van der Waals surface area contributed by atoms with Crippen LogP contribution in [0.5, 0.6) is 11.5 Å². The molecule has 0 saturated heterocycles. The number of ether oxygens (including phenoxy) is 2. The summed E-state index contributed by atoms with van der Waals surface area (Å²) >= 11 is 0. The van der Waals surface area contributed by atoms with Gasteiger partial charge in [0.2, 0.25) is 0 Å². The summed E-state index contributed by atoms with van der Waals surface area (Å²) in [6, 6.07) is 18.9. The van der Waals surface area contributed by atoms with Crippen LogP contribution in [0.25, 0.3) is 0 Å². The van der Waals surface area contributed by atoms with Crippen LogP contribution in [0, 0.1) is 13.8 Å². The standard InChI is InChI=1S/C28H33N3O5S/c1-5-16-36-26-15-12-23(18-27(26)35-6-2)19-29-30-28(32)20-31(24-9-7-8-22(4)17-24)37(33,34)25-13-10-21(3)11-14-25/h7-15,17-19H,5-6,16,20H2,1-4H3,(H,30,32)/b29-19-. The van der Waals surface area contributed by atoms with Crippen molar-refractivity contribution < 1.29 is 22.7 Å². The number of hydrazone groups is 1. The summed E-state index contributed by atoms with van der Waals surface area (Å²) in [5, 5.41) is 4.02. The van der Waals surface area contributed by atoms with E-state index in [0.29, 0.717) is 36.0 Å². The predicted molar refractivity (Wildman–Crippen MR) is 146 cm³/mol. The van der Waals surface area contributed by atoms with Gasteiger partial charge in [-0.1, -0.05) is 36.8 Å². The molecule has 196 valence electrons. The van der Waals surface area contributed by atoms with Crippen molar-refractivity contribution in [1.82, 2.24) is 5.43 Å². The molecule has 1 N–H and O–H groups in total. The van der Waals surface area contributed by atoms with Crippen LogP contribution < -0.4 is 19.2 Å². The molecule has 1 amide bonds. The lowest BCUT2D eigenvalue weighted by molar-refractivity contribution is -0.119. The van der Waals surface area contributed by atoms with Crippen molar-refractivity contribution in [2.45, 2.75) is 39.0 Å². The number of nitrogens with zero attached hydrogens (tertiary/aromatic N) is 2. The minimum atomic E-state index is -3.99. The van der Waals surface area contributed by atoms with E-state index in [2.05, 4.69) is 10.5 Å². The first-order valence-electron chi connectivity index (χ1n) is 12.1. The van der Waals surface area contributed by atoms with Crippen LogP contribution in [-0.4, -0.2) is 40.3 Å². The minimum absolute atomic E-state index is 0.102. The molecular weight excluding hydrogens is 490 g/mol. The number of anilines is 1. The lowest BCUT2D eigenvalue weighted by atomic mass is 10.2. The number of rotatable bonds is 12.